The van der Waals surface area contributed by atoms with Crippen LogP contribution in [0.15, 0.2) is 52.7 Å². The van der Waals surface area contributed by atoms with Gasteiger partial charge in [0, 0.05) is 20.0 Å². The fourth-order valence-corrected chi connectivity index (χ4v) is 3.45. The molecule has 25 heavy (non-hydrogen) atoms. The Morgan fingerprint density at radius 3 is 2.84 bits per heavy atom. The molecule has 2 heterocycles. The van der Waals surface area contributed by atoms with Gasteiger partial charge in [0.05, 0.1) is 6.26 Å². The summed E-state index contributed by atoms with van der Waals surface area (Å²) >= 11 is 0. The summed E-state index contributed by atoms with van der Waals surface area (Å²) in [6.45, 7) is 6.36. The van der Waals surface area contributed by atoms with Crippen molar-refractivity contribution in [3.05, 3.63) is 65.1 Å². The normalized spacial score (nSPS) is 19.4. The number of fused-ring (bicyclic) bond motifs is 1. The van der Waals surface area contributed by atoms with Gasteiger partial charge in [-0.15, -0.1) is 0 Å². The lowest BCUT2D eigenvalue weighted by molar-refractivity contribution is -0.0755. The molecule has 2 aromatic rings. The van der Waals surface area contributed by atoms with E-state index in [9.17, 15) is 0 Å². The van der Waals surface area contributed by atoms with Crippen molar-refractivity contribution in [2.75, 3.05) is 7.11 Å². The number of ether oxygens (including phenoxy) is 2. The molecule has 3 rings (SSSR count). The molecule has 1 aliphatic rings. The highest BCUT2D eigenvalue weighted by molar-refractivity contribution is 5.38. The fraction of sp³-hybridized carbons (Fsp3) is 0.455. The van der Waals surface area contributed by atoms with Crippen LogP contribution in [0, 0.1) is 6.92 Å². The van der Waals surface area contributed by atoms with Gasteiger partial charge in [0.2, 0.25) is 0 Å². The van der Waals surface area contributed by atoms with Crippen molar-refractivity contribution in [3.63, 3.8) is 0 Å². The number of hydrogen-bond acceptors (Lipinski definition) is 3. The molecule has 0 saturated carbocycles. The summed E-state index contributed by atoms with van der Waals surface area (Å²) in [7, 11) is 1.79. The SMILES string of the molecule is CO[C@@](C)(CC/C=C(\C)Cc1cc(C)co1)[C@@H]1Cc2ccccc2O1. The van der Waals surface area contributed by atoms with Gasteiger partial charge in [0.25, 0.3) is 0 Å². The summed E-state index contributed by atoms with van der Waals surface area (Å²) in [5, 5.41) is 0. The predicted molar refractivity (Wildman–Crippen MR) is 100 cm³/mol. The smallest absolute Gasteiger partial charge is 0.131 e. The Balaban J connectivity index is 1.57. The summed E-state index contributed by atoms with van der Waals surface area (Å²) < 4.78 is 17.6. The van der Waals surface area contributed by atoms with Crippen LogP contribution < -0.4 is 4.74 Å². The van der Waals surface area contributed by atoms with E-state index in [1.54, 1.807) is 13.4 Å². The topological polar surface area (TPSA) is 31.6 Å². The van der Waals surface area contributed by atoms with Crippen LogP contribution in [-0.2, 0) is 17.6 Å². The Morgan fingerprint density at radius 1 is 1.36 bits per heavy atom. The minimum atomic E-state index is -0.295. The zero-order chi connectivity index (χ0) is 17.9. The van der Waals surface area contributed by atoms with E-state index >= 15 is 0 Å². The van der Waals surface area contributed by atoms with Gasteiger partial charge in [-0.05, 0) is 56.9 Å². The Hall–Kier alpha value is -2.00. The van der Waals surface area contributed by atoms with Gasteiger partial charge in [-0.1, -0.05) is 29.8 Å². The molecule has 0 amide bonds. The van der Waals surface area contributed by atoms with E-state index in [0.29, 0.717) is 0 Å². The van der Waals surface area contributed by atoms with Crippen LogP contribution in [0.5, 0.6) is 5.75 Å². The molecule has 134 valence electrons. The second-order valence-corrected chi connectivity index (χ2v) is 7.29. The first-order valence-electron chi connectivity index (χ1n) is 8.99. The highest BCUT2D eigenvalue weighted by Gasteiger charge is 2.39. The maximum Gasteiger partial charge on any atom is 0.131 e. The maximum atomic E-state index is 6.16. The van der Waals surface area contributed by atoms with Crippen LogP contribution in [0.2, 0.25) is 0 Å². The summed E-state index contributed by atoms with van der Waals surface area (Å²) in [4.78, 5) is 0. The van der Waals surface area contributed by atoms with Gasteiger partial charge in [-0.3, -0.25) is 0 Å². The van der Waals surface area contributed by atoms with E-state index in [-0.39, 0.29) is 11.7 Å². The summed E-state index contributed by atoms with van der Waals surface area (Å²) in [5.41, 5.74) is 3.48. The molecule has 0 spiro atoms. The van der Waals surface area contributed by atoms with Crippen LogP contribution in [0.25, 0.3) is 0 Å². The molecule has 3 heteroatoms. The molecule has 0 radical (unpaired) electrons. The molecular weight excluding hydrogens is 312 g/mol. The standard InChI is InChI=1S/C22H28O3/c1-16(12-19-13-17(2)15-24-19)8-7-11-22(3,23-4)21-14-18-9-5-6-10-20(18)25-21/h5-6,8-10,13,15,21H,7,11-12,14H2,1-4H3/b16-8+/t21-,22-/m0/s1. The number of allylic oxidation sites excluding steroid dienone is 2. The molecule has 0 unspecified atom stereocenters. The second kappa shape index (κ2) is 7.49. The number of para-hydroxylation sites is 1. The van der Waals surface area contributed by atoms with Crippen molar-refractivity contribution >= 4 is 0 Å². The van der Waals surface area contributed by atoms with Gasteiger partial charge in [0.1, 0.15) is 23.2 Å². The fourth-order valence-electron chi connectivity index (χ4n) is 3.45. The first kappa shape index (κ1) is 17.8. The van der Waals surface area contributed by atoms with Crippen molar-refractivity contribution in [3.8, 4) is 5.75 Å². The molecule has 1 aromatic heterocycles. The van der Waals surface area contributed by atoms with Crippen molar-refractivity contribution in [1.29, 1.82) is 0 Å². The van der Waals surface area contributed by atoms with Gasteiger partial charge >= 0.3 is 0 Å². The van der Waals surface area contributed by atoms with Crippen LogP contribution in [0.3, 0.4) is 0 Å². The quantitative estimate of drug-likeness (QED) is 0.644. The number of hydrogen-bond donors (Lipinski definition) is 0. The molecule has 0 N–H and O–H groups in total. The van der Waals surface area contributed by atoms with E-state index < -0.39 is 0 Å². The average Bonchev–Trinajstić information content (AvgIpc) is 3.21. The molecule has 2 atom stereocenters. The van der Waals surface area contributed by atoms with Crippen LogP contribution in [0.1, 0.15) is 43.6 Å². The first-order chi connectivity index (χ1) is 12.0. The molecule has 0 fully saturated rings. The van der Waals surface area contributed by atoms with E-state index in [0.717, 1.165) is 37.2 Å². The molecule has 0 bridgehead atoms. The summed E-state index contributed by atoms with van der Waals surface area (Å²) in [6, 6.07) is 10.4. The number of rotatable bonds is 7. The Bertz CT molecular complexity index is 718. The summed E-state index contributed by atoms with van der Waals surface area (Å²) in [6.07, 6.45) is 7.83. The van der Waals surface area contributed by atoms with Crippen molar-refractivity contribution in [1.82, 2.24) is 0 Å². The molecule has 1 aliphatic heterocycles. The third kappa shape index (κ3) is 4.16. The van der Waals surface area contributed by atoms with Gasteiger partial charge < -0.3 is 13.9 Å². The third-order valence-corrected chi connectivity index (χ3v) is 5.17. The lowest BCUT2D eigenvalue weighted by Crippen LogP contribution is -2.44. The van der Waals surface area contributed by atoms with Gasteiger partial charge in [0.15, 0.2) is 0 Å². The summed E-state index contributed by atoms with van der Waals surface area (Å²) in [5.74, 6) is 2.02. The van der Waals surface area contributed by atoms with Crippen LogP contribution >= 0.6 is 0 Å². The lowest BCUT2D eigenvalue weighted by atomic mass is 9.89. The minimum absolute atomic E-state index is 0.0660. The number of furan rings is 1. The highest BCUT2D eigenvalue weighted by Crippen LogP contribution is 2.36. The molecule has 1 aromatic carbocycles. The van der Waals surface area contributed by atoms with Crippen molar-refractivity contribution in [2.24, 2.45) is 0 Å². The Morgan fingerprint density at radius 2 is 2.16 bits per heavy atom. The molecular formula is C22H28O3. The lowest BCUT2D eigenvalue weighted by Gasteiger charge is -2.33. The van der Waals surface area contributed by atoms with Crippen LogP contribution in [-0.4, -0.2) is 18.8 Å². The van der Waals surface area contributed by atoms with E-state index in [2.05, 4.69) is 45.0 Å². The molecule has 3 nitrogen and oxygen atoms in total. The van der Waals surface area contributed by atoms with Crippen LogP contribution in [0.4, 0.5) is 0 Å². The number of methoxy groups -OCH3 is 1. The van der Waals surface area contributed by atoms with E-state index in [1.807, 2.05) is 12.1 Å². The molecule has 0 aliphatic carbocycles. The van der Waals surface area contributed by atoms with Gasteiger partial charge in [-0.2, -0.15) is 0 Å². The highest BCUT2D eigenvalue weighted by atomic mass is 16.5. The average molecular weight is 340 g/mol. The van der Waals surface area contributed by atoms with Gasteiger partial charge in [-0.25, -0.2) is 0 Å². The van der Waals surface area contributed by atoms with E-state index in [4.69, 9.17) is 13.9 Å². The first-order valence-corrected chi connectivity index (χ1v) is 8.99. The maximum absolute atomic E-state index is 6.16. The van der Waals surface area contributed by atoms with E-state index in [1.165, 1.54) is 16.7 Å². The minimum Gasteiger partial charge on any atom is -0.487 e. The Labute approximate surface area is 150 Å². The largest absolute Gasteiger partial charge is 0.487 e. The predicted octanol–water partition coefficient (Wildman–Crippen LogP) is 5.27. The zero-order valence-electron chi connectivity index (χ0n) is 15.7. The number of benzene rings is 1. The molecule has 0 saturated heterocycles. The Kier molecular flexibility index (Phi) is 5.33. The number of aryl methyl sites for hydroxylation is 1. The zero-order valence-corrected chi connectivity index (χ0v) is 15.7. The monoisotopic (exact) mass is 340 g/mol. The second-order valence-electron chi connectivity index (χ2n) is 7.29. The third-order valence-electron chi connectivity index (χ3n) is 5.17. The van der Waals surface area contributed by atoms with Crippen molar-refractivity contribution in [2.45, 2.75) is 58.2 Å². The van der Waals surface area contributed by atoms with Crippen molar-refractivity contribution < 1.29 is 13.9 Å².